The predicted molar refractivity (Wildman–Crippen MR) is 88.4 cm³/mol. The minimum Gasteiger partial charge on any atom is -0.310 e. The lowest BCUT2D eigenvalue weighted by Crippen LogP contribution is -2.22. The molecule has 0 saturated carbocycles. The van der Waals surface area contributed by atoms with E-state index in [1.165, 1.54) is 11.3 Å². The predicted octanol–water partition coefficient (Wildman–Crippen LogP) is 4.14. The third-order valence-electron chi connectivity index (χ3n) is 3.72. The Hall–Kier alpha value is -1.61. The normalized spacial score (nSPS) is 12.8. The van der Waals surface area contributed by atoms with E-state index in [0.717, 1.165) is 25.8 Å². The monoisotopic (exact) mass is 285 g/mol. The second-order valence-corrected chi connectivity index (χ2v) is 5.84. The Morgan fingerprint density at radius 2 is 1.90 bits per heavy atom. The second-order valence-electron chi connectivity index (χ2n) is 5.84. The molecule has 1 aromatic heterocycles. The Morgan fingerprint density at radius 3 is 2.52 bits per heavy atom. The highest BCUT2D eigenvalue weighted by Crippen LogP contribution is 2.19. The third-order valence-corrected chi connectivity index (χ3v) is 3.72. The average molecular weight is 285 g/mol. The van der Waals surface area contributed by atoms with Gasteiger partial charge in [-0.15, -0.1) is 0 Å². The van der Waals surface area contributed by atoms with Gasteiger partial charge >= 0.3 is 0 Å². The molecule has 0 aliphatic heterocycles. The van der Waals surface area contributed by atoms with Crippen LogP contribution in [-0.2, 0) is 6.42 Å². The SMILES string of the molecule is CCCNC(CCc1ccn(C(C)C)n1)c1ccccc1. The average Bonchev–Trinajstić information content (AvgIpc) is 2.97. The molecule has 0 saturated heterocycles. The standard InChI is InChI=1S/C18H27N3/c1-4-13-19-18(16-8-6-5-7-9-16)11-10-17-12-14-21(20-17)15(2)3/h5-9,12,14-15,18-19H,4,10-11,13H2,1-3H3. The minimum atomic E-state index is 0.412. The van der Waals surface area contributed by atoms with Gasteiger partial charge in [-0.3, -0.25) is 4.68 Å². The van der Waals surface area contributed by atoms with Gasteiger partial charge in [-0.25, -0.2) is 0 Å². The summed E-state index contributed by atoms with van der Waals surface area (Å²) in [6, 6.07) is 13.7. The van der Waals surface area contributed by atoms with Crippen molar-refractivity contribution in [3.8, 4) is 0 Å². The van der Waals surface area contributed by atoms with Crippen LogP contribution in [-0.4, -0.2) is 16.3 Å². The Kier molecular flexibility index (Phi) is 6.00. The fourth-order valence-electron chi connectivity index (χ4n) is 2.48. The molecule has 1 aromatic carbocycles. The molecule has 2 rings (SSSR count). The molecule has 0 aliphatic rings. The van der Waals surface area contributed by atoms with Crippen molar-refractivity contribution >= 4 is 0 Å². The van der Waals surface area contributed by atoms with Crippen LogP contribution in [0.5, 0.6) is 0 Å². The van der Waals surface area contributed by atoms with E-state index in [4.69, 9.17) is 0 Å². The van der Waals surface area contributed by atoms with Crippen LogP contribution in [0.3, 0.4) is 0 Å². The van der Waals surface area contributed by atoms with Gasteiger partial charge < -0.3 is 5.32 Å². The van der Waals surface area contributed by atoms with Crippen LogP contribution in [0.1, 0.15) is 57.0 Å². The maximum absolute atomic E-state index is 4.64. The molecule has 3 nitrogen and oxygen atoms in total. The summed E-state index contributed by atoms with van der Waals surface area (Å²) in [4.78, 5) is 0. The highest BCUT2D eigenvalue weighted by atomic mass is 15.3. The fourth-order valence-corrected chi connectivity index (χ4v) is 2.48. The summed E-state index contributed by atoms with van der Waals surface area (Å²) in [5, 5.41) is 8.30. The minimum absolute atomic E-state index is 0.412. The molecule has 3 heteroatoms. The van der Waals surface area contributed by atoms with Crippen molar-refractivity contribution in [2.75, 3.05) is 6.54 Å². The highest BCUT2D eigenvalue weighted by molar-refractivity contribution is 5.19. The molecule has 2 aromatic rings. The van der Waals surface area contributed by atoms with Gasteiger partial charge in [-0.2, -0.15) is 5.10 Å². The van der Waals surface area contributed by atoms with E-state index < -0.39 is 0 Å². The van der Waals surface area contributed by atoms with E-state index in [1.54, 1.807) is 0 Å². The molecule has 0 fully saturated rings. The molecule has 0 bridgehead atoms. The molecule has 0 aliphatic carbocycles. The number of benzene rings is 1. The molecule has 1 heterocycles. The van der Waals surface area contributed by atoms with Crippen molar-refractivity contribution in [3.63, 3.8) is 0 Å². The Balaban J connectivity index is 1.98. The van der Waals surface area contributed by atoms with E-state index in [1.807, 2.05) is 4.68 Å². The van der Waals surface area contributed by atoms with Gasteiger partial charge in [-0.05, 0) is 51.3 Å². The van der Waals surface area contributed by atoms with Gasteiger partial charge in [0.05, 0.1) is 5.69 Å². The van der Waals surface area contributed by atoms with Gasteiger partial charge in [0.2, 0.25) is 0 Å². The zero-order valence-corrected chi connectivity index (χ0v) is 13.4. The van der Waals surface area contributed by atoms with Crippen LogP contribution in [0, 0.1) is 0 Å². The Morgan fingerprint density at radius 1 is 1.14 bits per heavy atom. The molecular formula is C18H27N3. The van der Waals surface area contributed by atoms with Crippen molar-refractivity contribution in [2.45, 2.75) is 52.1 Å². The van der Waals surface area contributed by atoms with Gasteiger partial charge in [0.15, 0.2) is 0 Å². The molecule has 1 atom stereocenters. The van der Waals surface area contributed by atoms with E-state index in [9.17, 15) is 0 Å². The molecular weight excluding hydrogens is 258 g/mol. The molecule has 0 amide bonds. The largest absolute Gasteiger partial charge is 0.310 e. The summed E-state index contributed by atoms with van der Waals surface area (Å²) < 4.78 is 2.03. The molecule has 114 valence electrons. The maximum Gasteiger partial charge on any atom is 0.0625 e. The number of nitrogens with zero attached hydrogens (tertiary/aromatic N) is 2. The first-order valence-corrected chi connectivity index (χ1v) is 8.03. The zero-order chi connectivity index (χ0) is 15.1. The second kappa shape index (κ2) is 7.99. The van der Waals surface area contributed by atoms with Crippen LogP contribution in [0.4, 0.5) is 0 Å². The van der Waals surface area contributed by atoms with Crippen molar-refractivity contribution in [1.29, 1.82) is 0 Å². The number of hydrogen-bond acceptors (Lipinski definition) is 2. The van der Waals surface area contributed by atoms with Crippen LogP contribution < -0.4 is 5.32 Å². The first kappa shape index (κ1) is 15.8. The lowest BCUT2D eigenvalue weighted by Gasteiger charge is -2.18. The first-order valence-electron chi connectivity index (χ1n) is 8.03. The number of hydrogen-bond donors (Lipinski definition) is 1. The summed E-state index contributed by atoms with van der Waals surface area (Å²) in [6.45, 7) is 7.58. The number of rotatable bonds is 8. The van der Waals surface area contributed by atoms with Crippen LogP contribution >= 0.6 is 0 Å². The van der Waals surface area contributed by atoms with Gasteiger partial charge in [0.1, 0.15) is 0 Å². The van der Waals surface area contributed by atoms with E-state index in [0.29, 0.717) is 12.1 Å². The van der Waals surface area contributed by atoms with Crippen LogP contribution in [0.15, 0.2) is 42.6 Å². The number of aromatic nitrogens is 2. The summed E-state index contributed by atoms with van der Waals surface area (Å²) in [5.41, 5.74) is 2.55. The maximum atomic E-state index is 4.64. The summed E-state index contributed by atoms with van der Waals surface area (Å²) in [7, 11) is 0. The van der Waals surface area contributed by atoms with E-state index in [-0.39, 0.29) is 0 Å². The lowest BCUT2D eigenvalue weighted by atomic mass is 10.0. The van der Waals surface area contributed by atoms with Crippen molar-refractivity contribution in [2.24, 2.45) is 0 Å². The third kappa shape index (κ3) is 4.71. The van der Waals surface area contributed by atoms with E-state index in [2.05, 4.69) is 73.8 Å². The quantitative estimate of drug-likeness (QED) is 0.790. The first-order chi connectivity index (χ1) is 10.2. The Labute approximate surface area is 128 Å². The van der Waals surface area contributed by atoms with Gasteiger partial charge in [0.25, 0.3) is 0 Å². The lowest BCUT2D eigenvalue weighted by molar-refractivity contribution is 0.488. The summed E-state index contributed by atoms with van der Waals surface area (Å²) >= 11 is 0. The molecule has 21 heavy (non-hydrogen) atoms. The number of aryl methyl sites for hydroxylation is 1. The van der Waals surface area contributed by atoms with Crippen molar-refractivity contribution < 1.29 is 0 Å². The zero-order valence-electron chi connectivity index (χ0n) is 13.4. The topological polar surface area (TPSA) is 29.9 Å². The highest BCUT2D eigenvalue weighted by Gasteiger charge is 2.11. The van der Waals surface area contributed by atoms with Crippen LogP contribution in [0.25, 0.3) is 0 Å². The smallest absolute Gasteiger partial charge is 0.0625 e. The summed E-state index contributed by atoms with van der Waals surface area (Å²) in [6.07, 6.45) is 5.33. The molecule has 1 unspecified atom stereocenters. The van der Waals surface area contributed by atoms with Crippen molar-refractivity contribution in [1.82, 2.24) is 15.1 Å². The molecule has 0 spiro atoms. The van der Waals surface area contributed by atoms with E-state index >= 15 is 0 Å². The Bertz CT molecular complexity index is 516. The molecule has 1 N–H and O–H groups in total. The fraction of sp³-hybridized carbons (Fsp3) is 0.500. The van der Waals surface area contributed by atoms with Gasteiger partial charge in [-0.1, -0.05) is 37.3 Å². The number of nitrogens with one attached hydrogen (secondary N) is 1. The summed E-state index contributed by atoms with van der Waals surface area (Å²) in [5.74, 6) is 0. The van der Waals surface area contributed by atoms with Crippen LogP contribution in [0.2, 0.25) is 0 Å². The molecule has 0 radical (unpaired) electrons. The van der Waals surface area contributed by atoms with Crippen molar-refractivity contribution in [3.05, 3.63) is 53.9 Å². The van der Waals surface area contributed by atoms with Gasteiger partial charge in [0, 0.05) is 18.3 Å².